The van der Waals surface area contributed by atoms with Crippen molar-refractivity contribution in [3.8, 4) is 17.1 Å². The van der Waals surface area contributed by atoms with Gasteiger partial charge in [0.15, 0.2) is 16.6 Å². The Morgan fingerprint density at radius 2 is 1.84 bits per heavy atom. The van der Waals surface area contributed by atoms with Gasteiger partial charge in [-0.2, -0.15) is 0 Å². The zero-order chi connectivity index (χ0) is 22.9. The van der Waals surface area contributed by atoms with Gasteiger partial charge in [-0.25, -0.2) is 14.5 Å². The van der Waals surface area contributed by atoms with E-state index in [0.717, 1.165) is 16.7 Å². The van der Waals surface area contributed by atoms with Crippen molar-refractivity contribution in [1.29, 1.82) is 0 Å². The maximum Gasteiger partial charge on any atom is 0.321 e. The van der Waals surface area contributed by atoms with E-state index in [1.54, 1.807) is 12.1 Å². The molecule has 0 aliphatic rings. The second kappa shape index (κ2) is 8.63. The van der Waals surface area contributed by atoms with Crippen molar-refractivity contribution in [1.82, 2.24) is 19.6 Å². The van der Waals surface area contributed by atoms with Crippen molar-refractivity contribution in [2.75, 3.05) is 5.75 Å². The number of H-pyrrole nitrogens is 1. The number of benzene rings is 2. The third-order valence-corrected chi connectivity index (χ3v) is 5.78. The minimum Gasteiger partial charge on any atom is -0.426 e. The number of aryl methyl sites for hydroxylation is 1. The summed E-state index contributed by atoms with van der Waals surface area (Å²) in [6, 6.07) is 16.7. The molecule has 2 aromatic heterocycles. The Bertz CT molecular complexity index is 1330. The average molecular weight is 449 g/mol. The molecule has 0 fully saturated rings. The summed E-state index contributed by atoms with van der Waals surface area (Å²) >= 11 is 1.18. The van der Waals surface area contributed by atoms with Gasteiger partial charge in [-0.1, -0.05) is 68.4 Å². The van der Waals surface area contributed by atoms with E-state index in [4.69, 9.17) is 4.74 Å². The van der Waals surface area contributed by atoms with Crippen molar-refractivity contribution in [3.05, 3.63) is 76.1 Å². The van der Waals surface area contributed by atoms with E-state index < -0.39 is 5.97 Å². The summed E-state index contributed by atoms with van der Waals surface area (Å²) < 4.78 is 6.95. The van der Waals surface area contributed by atoms with Crippen LogP contribution < -0.4 is 10.3 Å². The first kappa shape index (κ1) is 21.8. The van der Waals surface area contributed by atoms with E-state index in [0.29, 0.717) is 22.4 Å². The molecule has 7 nitrogen and oxygen atoms in total. The number of aromatic nitrogens is 4. The molecule has 4 aromatic rings. The molecule has 0 saturated heterocycles. The average Bonchev–Trinajstić information content (AvgIpc) is 3.12. The zero-order valence-corrected chi connectivity index (χ0v) is 19.2. The number of fused-ring (bicyclic) bond motifs is 1. The van der Waals surface area contributed by atoms with Crippen molar-refractivity contribution >= 4 is 23.4 Å². The van der Waals surface area contributed by atoms with Gasteiger partial charge in [0.1, 0.15) is 5.75 Å². The van der Waals surface area contributed by atoms with Crippen LogP contribution in [0.1, 0.15) is 31.9 Å². The van der Waals surface area contributed by atoms with E-state index in [1.807, 2.05) is 43.3 Å². The minimum atomic E-state index is -0.406. The zero-order valence-electron chi connectivity index (χ0n) is 18.4. The smallest absolute Gasteiger partial charge is 0.321 e. The molecule has 0 radical (unpaired) electrons. The molecule has 0 spiro atoms. The van der Waals surface area contributed by atoms with Gasteiger partial charge in [0.25, 0.3) is 5.56 Å². The number of ether oxygens (including phenoxy) is 1. The van der Waals surface area contributed by atoms with Gasteiger partial charge in [-0.05, 0) is 36.1 Å². The maximum absolute atomic E-state index is 12.4. The molecule has 0 unspecified atom stereocenters. The Kier molecular flexibility index (Phi) is 5.88. The molecule has 0 bridgehead atoms. The lowest BCUT2D eigenvalue weighted by Crippen LogP contribution is -2.13. The summed E-state index contributed by atoms with van der Waals surface area (Å²) in [5.41, 5.74) is 3.26. The van der Waals surface area contributed by atoms with E-state index in [-0.39, 0.29) is 16.7 Å². The largest absolute Gasteiger partial charge is 0.426 e. The highest BCUT2D eigenvalue weighted by atomic mass is 32.2. The molecule has 2 aromatic carbocycles. The fraction of sp³-hybridized carbons (Fsp3) is 0.250. The predicted molar refractivity (Wildman–Crippen MR) is 125 cm³/mol. The fourth-order valence-electron chi connectivity index (χ4n) is 3.20. The summed E-state index contributed by atoms with van der Waals surface area (Å²) in [6.45, 7) is 8.37. The molecule has 2 heterocycles. The first-order valence-electron chi connectivity index (χ1n) is 10.2. The Morgan fingerprint density at radius 1 is 1.09 bits per heavy atom. The quantitative estimate of drug-likeness (QED) is 0.277. The minimum absolute atomic E-state index is 0.0272. The van der Waals surface area contributed by atoms with Crippen LogP contribution in [0.3, 0.4) is 0 Å². The van der Waals surface area contributed by atoms with Crippen molar-refractivity contribution in [2.24, 2.45) is 0 Å². The second-order valence-corrected chi connectivity index (χ2v) is 9.49. The van der Waals surface area contributed by atoms with Crippen LogP contribution in [0.4, 0.5) is 0 Å². The van der Waals surface area contributed by atoms with Gasteiger partial charge in [-0.15, -0.1) is 0 Å². The second-order valence-electron chi connectivity index (χ2n) is 8.55. The molecule has 1 N–H and O–H groups in total. The van der Waals surface area contributed by atoms with E-state index in [9.17, 15) is 9.59 Å². The Morgan fingerprint density at radius 3 is 2.53 bits per heavy atom. The summed E-state index contributed by atoms with van der Waals surface area (Å²) in [5.74, 6) is 0.602. The lowest BCUT2D eigenvalue weighted by atomic mass is 9.87. The molecule has 0 atom stereocenters. The number of rotatable bonds is 5. The molecular weight excluding hydrogens is 424 g/mol. The fourth-order valence-corrected chi connectivity index (χ4v) is 3.93. The van der Waals surface area contributed by atoms with Crippen LogP contribution in [0.2, 0.25) is 0 Å². The van der Waals surface area contributed by atoms with Gasteiger partial charge in [-0.3, -0.25) is 14.7 Å². The summed E-state index contributed by atoms with van der Waals surface area (Å²) in [5, 5.41) is 3.13. The van der Waals surface area contributed by atoms with E-state index >= 15 is 0 Å². The number of thioether (sulfide) groups is 1. The van der Waals surface area contributed by atoms with Gasteiger partial charge in [0.05, 0.1) is 5.75 Å². The maximum atomic E-state index is 12.4. The number of carbonyl (C=O) groups is 1. The molecule has 164 valence electrons. The Balaban J connectivity index is 1.53. The SMILES string of the molecule is Cc1cccc(-c2nc(SCC(=O)Oc3ccc(C(C)(C)C)cc3)n3[nH]c(=O)cc3n2)c1. The van der Waals surface area contributed by atoms with Crippen LogP contribution in [0.25, 0.3) is 17.0 Å². The molecule has 0 amide bonds. The van der Waals surface area contributed by atoms with Crippen LogP contribution in [0.5, 0.6) is 5.75 Å². The van der Waals surface area contributed by atoms with Gasteiger partial charge >= 0.3 is 5.97 Å². The predicted octanol–water partition coefficient (Wildman–Crippen LogP) is 4.39. The molecular formula is C24H24N4O3S. The number of nitrogens with zero attached hydrogens (tertiary/aromatic N) is 3. The monoisotopic (exact) mass is 448 g/mol. The summed E-state index contributed by atoms with van der Waals surface area (Å²) in [7, 11) is 0. The van der Waals surface area contributed by atoms with Crippen LogP contribution in [-0.4, -0.2) is 31.3 Å². The van der Waals surface area contributed by atoms with E-state index in [2.05, 4.69) is 35.8 Å². The molecule has 0 aliphatic heterocycles. The number of esters is 1. The van der Waals surface area contributed by atoms with Gasteiger partial charge < -0.3 is 4.74 Å². The first-order valence-corrected chi connectivity index (χ1v) is 11.2. The Hall–Kier alpha value is -3.39. The lowest BCUT2D eigenvalue weighted by Gasteiger charge is -2.18. The molecule has 0 aliphatic carbocycles. The van der Waals surface area contributed by atoms with Crippen LogP contribution >= 0.6 is 11.8 Å². The number of nitrogens with one attached hydrogen (secondary N) is 1. The Labute approximate surface area is 189 Å². The molecule has 32 heavy (non-hydrogen) atoms. The van der Waals surface area contributed by atoms with Gasteiger partial charge in [0.2, 0.25) is 0 Å². The third-order valence-electron chi connectivity index (χ3n) is 4.87. The third kappa shape index (κ3) is 4.91. The van der Waals surface area contributed by atoms with Crippen LogP contribution in [0.15, 0.2) is 64.5 Å². The van der Waals surface area contributed by atoms with Crippen molar-refractivity contribution in [3.63, 3.8) is 0 Å². The number of hydrogen-bond donors (Lipinski definition) is 1. The molecule has 0 saturated carbocycles. The topological polar surface area (TPSA) is 89.3 Å². The van der Waals surface area contributed by atoms with Gasteiger partial charge in [0, 0.05) is 11.6 Å². The number of hydrogen-bond acceptors (Lipinski definition) is 6. The normalized spacial score (nSPS) is 11.6. The highest BCUT2D eigenvalue weighted by molar-refractivity contribution is 7.99. The molecule has 8 heteroatoms. The van der Waals surface area contributed by atoms with Crippen LogP contribution in [-0.2, 0) is 10.2 Å². The highest BCUT2D eigenvalue weighted by Crippen LogP contribution is 2.25. The number of aromatic amines is 1. The van der Waals surface area contributed by atoms with Crippen LogP contribution in [0, 0.1) is 6.92 Å². The van der Waals surface area contributed by atoms with Crippen molar-refractivity contribution in [2.45, 2.75) is 38.3 Å². The summed E-state index contributed by atoms with van der Waals surface area (Å²) in [6.07, 6.45) is 0. The standard InChI is InChI=1S/C24H24N4O3S/c1-15-6-5-7-16(12-15)22-25-19-13-20(29)27-28(19)23(26-22)32-14-21(30)31-18-10-8-17(9-11-18)24(2,3)4/h5-13H,14H2,1-4H3,(H,27,29). The van der Waals surface area contributed by atoms with E-state index in [1.165, 1.54) is 22.3 Å². The van der Waals surface area contributed by atoms with Crippen molar-refractivity contribution < 1.29 is 9.53 Å². The highest BCUT2D eigenvalue weighted by Gasteiger charge is 2.16. The number of carbonyl (C=O) groups excluding carboxylic acids is 1. The molecule has 4 rings (SSSR count). The summed E-state index contributed by atoms with van der Waals surface area (Å²) in [4.78, 5) is 33.4. The first-order chi connectivity index (χ1) is 15.2. The lowest BCUT2D eigenvalue weighted by molar-refractivity contribution is -0.131.